The summed E-state index contributed by atoms with van der Waals surface area (Å²) in [7, 11) is 3.84. The maximum atomic E-state index is 13.5. The molecule has 0 bridgehead atoms. The highest BCUT2D eigenvalue weighted by atomic mass is 16.6. The molecule has 2 aromatic carbocycles. The molecule has 0 radical (unpaired) electrons. The summed E-state index contributed by atoms with van der Waals surface area (Å²) in [4.78, 5) is 28.7. The van der Waals surface area contributed by atoms with Crippen LogP contribution in [0, 0.1) is 10.1 Å². The van der Waals surface area contributed by atoms with E-state index in [0.717, 1.165) is 13.0 Å². The normalized spacial score (nSPS) is 11.2. The highest BCUT2D eigenvalue weighted by Crippen LogP contribution is 2.27. The van der Waals surface area contributed by atoms with E-state index < -0.39 is 4.92 Å². The van der Waals surface area contributed by atoms with Gasteiger partial charge in [-0.2, -0.15) is 0 Å². The minimum absolute atomic E-state index is 0.147. The van der Waals surface area contributed by atoms with Crippen LogP contribution >= 0.6 is 0 Å². The van der Waals surface area contributed by atoms with E-state index in [0.29, 0.717) is 42.5 Å². The van der Waals surface area contributed by atoms with Crippen molar-refractivity contribution in [2.24, 2.45) is 0 Å². The Morgan fingerprint density at radius 1 is 1.12 bits per heavy atom. The first kappa shape index (κ1) is 24.9. The van der Waals surface area contributed by atoms with E-state index in [9.17, 15) is 14.9 Å². The summed E-state index contributed by atoms with van der Waals surface area (Å²) in [5, 5.41) is 20.4. The molecular formula is C25H30N6O3. The highest BCUT2D eigenvalue weighted by molar-refractivity contribution is 6.11. The monoisotopic (exact) mass is 462 g/mol. The van der Waals surface area contributed by atoms with Gasteiger partial charge in [0.2, 0.25) is 0 Å². The predicted molar refractivity (Wildman–Crippen MR) is 131 cm³/mol. The lowest BCUT2D eigenvalue weighted by molar-refractivity contribution is -0.384. The first-order chi connectivity index (χ1) is 16.3. The number of carbonyl (C=O) groups excluding carboxylic acids is 1. The molecule has 3 aromatic rings. The SMILES string of the molecule is C=CCN(CCC)Cc1nnc(CN(C)C)n1-c1ccc([N+](=O)[O-])cc1C(=O)c1ccccc1. The second-order valence-electron chi connectivity index (χ2n) is 8.28. The number of nitrogens with zero attached hydrogens (tertiary/aromatic N) is 6. The molecule has 3 rings (SSSR count). The third-order valence-electron chi connectivity index (χ3n) is 5.26. The van der Waals surface area contributed by atoms with Crippen molar-refractivity contribution < 1.29 is 9.72 Å². The molecule has 0 atom stereocenters. The summed E-state index contributed by atoms with van der Waals surface area (Å²) in [6.07, 6.45) is 2.80. The summed E-state index contributed by atoms with van der Waals surface area (Å²) in [6.45, 7) is 8.46. The molecule has 0 aliphatic carbocycles. The molecule has 0 aliphatic heterocycles. The molecule has 1 aromatic heterocycles. The molecule has 34 heavy (non-hydrogen) atoms. The van der Waals surface area contributed by atoms with Crippen LogP contribution in [0.15, 0.2) is 61.2 Å². The predicted octanol–water partition coefficient (Wildman–Crippen LogP) is 3.87. The van der Waals surface area contributed by atoms with Crippen LogP contribution in [0.3, 0.4) is 0 Å². The van der Waals surface area contributed by atoms with Gasteiger partial charge in [0.15, 0.2) is 17.4 Å². The third kappa shape index (κ3) is 5.81. The van der Waals surface area contributed by atoms with Crippen molar-refractivity contribution in [3.8, 4) is 5.69 Å². The minimum Gasteiger partial charge on any atom is -0.302 e. The number of benzene rings is 2. The van der Waals surface area contributed by atoms with E-state index in [-0.39, 0.29) is 17.0 Å². The molecule has 9 nitrogen and oxygen atoms in total. The Bertz CT molecular complexity index is 1160. The van der Waals surface area contributed by atoms with E-state index in [2.05, 4.69) is 28.6 Å². The van der Waals surface area contributed by atoms with Crippen molar-refractivity contribution >= 4 is 11.5 Å². The lowest BCUT2D eigenvalue weighted by Gasteiger charge is -2.21. The molecule has 0 unspecified atom stereocenters. The first-order valence-corrected chi connectivity index (χ1v) is 11.1. The van der Waals surface area contributed by atoms with Crippen molar-refractivity contribution in [1.82, 2.24) is 24.6 Å². The highest BCUT2D eigenvalue weighted by Gasteiger charge is 2.24. The Morgan fingerprint density at radius 3 is 2.38 bits per heavy atom. The number of nitro groups is 1. The molecule has 0 saturated heterocycles. The van der Waals surface area contributed by atoms with Crippen molar-refractivity contribution in [1.29, 1.82) is 0 Å². The van der Waals surface area contributed by atoms with Gasteiger partial charge in [0, 0.05) is 24.2 Å². The lowest BCUT2D eigenvalue weighted by atomic mass is 10.0. The lowest BCUT2D eigenvalue weighted by Crippen LogP contribution is -2.26. The standard InChI is InChI=1S/C25H30N6O3/c1-5-14-29(15-6-2)18-24-27-26-23(17-28(3)4)30(24)22-13-12-20(31(33)34)16-21(22)25(32)19-10-8-7-9-11-19/h5,7-13,16H,1,6,14-15,17-18H2,2-4H3. The van der Waals surface area contributed by atoms with Gasteiger partial charge in [-0.05, 0) is 33.1 Å². The molecule has 0 saturated carbocycles. The maximum Gasteiger partial charge on any atom is 0.270 e. The van der Waals surface area contributed by atoms with Gasteiger partial charge in [-0.3, -0.25) is 24.4 Å². The van der Waals surface area contributed by atoms with Crippen LogP contribution in [0.4, 0.5) is 5.69 Å². The second kappa shape index (κ2) is 11.4. The van der Waals surface area contributed by atoms with E-state index >= 15 is 0 Å². The molecule has 9 heteroatoms. The minimum atomic E-state index is -0.494. The topological polar surface area (TPSA) is 97.4 Å². The van der Waals surface area contributed by atoms with Gasteiger partial charge in [0.05, 0.1) is 29.3 Å². The van der Waals surface area contributed by atoms with Gasteiger partial charge in [-0.1, -0.05) is 43.3 Å². The van der Waals surface area contributed by atoms with Crippen molar-refractivity contribution in [2.75, 3.05) is 27.2 Å². The van der Waals surface area contributed by atoms with Crippen LogP contribution in [0.1, 0.15) is 40.9 Å². The first-order valence-electron chi connectivity index (χ1n) is 11.1. The second-order valence-corrected chi connectivity index (χ2v) is 8.28. The van der Waals surface area contributed by atoms with Gasteiger partial charge in [0.1, 0.15) is 0 Å². The van der Waals surface area contributed by atoms with Gasteiger partial charge < -0.3 is 4.90 Å². The van der Waals surface area contributed by atoms with Crippen LogP contribution in [-0.4, -0.2) is 62.5 Å². The van der Waals surface area contributed by atoms with E-state index in [4.69, 9.17) is 0 Å². The Kier molecular flexibility index (Phi) is 8.39. The molecule has 0 aliphatic rings. The van der Waals surface area contributed by atoms with Crippen LogP contribution in [0.5, 0.6) is 0 Å². The summed E-state index contributed by atoms with van der Waals surface area (Å²) in [5.41, 5.74) is 1.05. The van der Waals surface area contributed by atoms with Gasteiger partial charge in [-0.25, -0.2) is 0 Å². The van der Waals surface area contributed by atoms with Gasteiger partial charge in [-0.15, -0.1) is 16.8 Å². The molecule has 1 heterocycles. The average molecular weight is 463 g/mol. The maximum absolute atomic E-state index is 13.5. The van der Waals surface area contributed by atoms with Gasteiger partial charge in [0.25, 0.3) is 5.69 Å². The fourth-order valence-corrected chi connectivity index (χ4v) is 3.81. The Labute approximate surface area is 199 Å². The summed E-state index contributed by atoms with van der Waals surface area (Å²) < 4.78 is 1.85. The van der Waals surface area contributed by atoms with Crippen LogP contribution in [0.2, 0.25) is 0 Å². The summed E-state index contributed by atoms with van der Waals surface area (Å²) >= 11 is 0. The van der Waals surface area contributed by atoms with E-state index in [1.165, 1.54) is 12.1 Å². The molecule has 0 N–H and O–H groups in total. The fraction of sp³-hybridized carbons (Fsp3) is 0.320. The zero-order valence-electron chi connectivity index (χ0n) is 19.8. The van der Waals surface area contributed by atoms with E-state index in [1.54, 1.807) is 30.3 Å². The van der Waals surface area contributed by atoms with E-state index in [1.807, 2.05) is 35.7 Å². The van der Waals surface area contributed by atoms with Crippen molar-refractivity contribution in [2.45, 2.75) is 26.4 Å². The van der Waals surface area contributed by atoms with Crippen molar-refractivity contribution in [3.63, 3.8) is 0 Å². The number of carbonyl (C=O) groups is 1. The Hall–Kier alpha value is -3.69. The van der Waals surface area contributed by atoms with Crippen LogP contribution in [0.25, 0.3) is 5.69 Å². The molecular weight excluding hydrogens is 432 g/mol. The number of ketones is 1. The fourth-order valence-electron chi connectivity index (χ4n) is 3.81. The molecule has 178 valence electrons. The molecule has 0 spiro atoms. The number of nitro benzene ring substituents is 1. The number of hydrogen-bond acceptors (Lipinski definition) is 7. The summed E-state index contributed by atoms with van der Waals surface area (Å²) in [6, 6.07) is 13.1. The zero-order valence-corrected chi connectivity index (χ0v) is 19.8. The van der Waals surface area contributed by atoms with Gasteiger partial charge >= 0.3 is 0 Å². The Morgan fingerprint density at radius 2 is 1.79 bits per heavy atom. The smallest absolute Gasteiger partial charge is 0.270 e. The molecule has 0 amide bonds. The Balaban J connectivity index is 2.20. The number of hydrogen-bond donors (Lipinski definition) is 0. The van der Waals surface area contributed by atoms with Crippen LogP contribution in [-0.2, 0) is 13.1 Å². The average Bonchev–Trinajstić information content (AvgIpc) is 3.20. The molecule has 0 fully saturated rings. The quantitative estimate of drug-likeness (QED) is 0.174. The van der Waals surface area contributed by atoms with Crippen molar-refractivity contribution in [3.05, 3.63) is 94.1 Å². The third-order valence-corrected chi connectivity index (χ3v) is 5.26. The van der Waals surface area contributed by atoms with Crippen LogP contribution < -0.4 is 0 Å². The largest absolute Gasteiger partial charge is 0.302 e. The number of rotatable bonds is 12. The number of non-ortho nitro benzene ring substituents is 1. The number of aromatic nitrogens is 3. The zero-order chi connectivity index (χ0) is 24.7. The summed E-state index contributed by atoms with van der Waals surface area (Å²) in [5.74, 6) is 1.00.